The highest BCUT2D eigenvalue weighted by molar-refractivity contribution is 6.08. The van der Waals surface area contributed by atoms with Crippen molar-refractivity contribution in [2.24, 2.45) is 14.1 Å². The number of para-hydroxylation sites is 2. The third kappa shape index (κ3) is 2.56. The average Bonchev–Trinajstić information content (AvgIpc) is 3.14. The summed E-state index contributed by atoms with van der Waals surface area (Å²) in [5, 5.41) is 2.28. The van der Waals surface area contributed by atoms with Gasteiger partial charge in [0.25, 0.3) is 0 Å². The Morgan fingerprint density at radius 3 is 2.16 bits per heavy atom. The van der Waals surface area contributed by atoms with Gasteiger partial charge in [-0.25, -0.2) is 0 Å². The minimum absolute atomic E-state index is 0.178. The van der Waals surface area contributed by atoms with Gasteiger partial charge in [-0.05, 0) is 23.6 Å². The zero-order valence-electron chi connectivity index (χ0n) is 14.9. The molecule has 0 fully saturated rings. The van der Waals surface area contributed by atoms with Gasteiger partial charge in [0.15, 0.2) is 5.78 Å². The highest BCUT2D eigenvalue weighted by Gasteiger charge is 2.19. The smallest absolute Gasteiger partial charge is 0.165 e. The van der Waals surface area contributed by atoms with E-state index in [2.05, 4.69) is 55.1 Å². The summed E-state index contributed by atoms with van der Waals surface area (Å²) < 4.78 is 4.18. The minimum Gasteiger partial charge on any atom is -0.350 e. The second-order valence-corrected chi connectivity index (χ2v) is 6.91. The predicted octanol–water partition coefficient (Wildman–Crippen LogP) is 5.05. The molecule has 0 radical (unpaired) electrons. The molecule has 4 rings (SSSR count). The first-order chi connectivity index (χ1) is 12.1. The molecule has 1 unspecified atom stereocenters. The van der Waals surface area contributed by atoms with E-state index in [9.17, 15) is 4.79 Å². The Balaban J connectivity index is 1.68. The van der Waals surface area contributed by atoms with Gasteiger partial charge in [-0.15, -0.1) is 0 Å². The van der Waals surface area contributed by atoms with E-state index in [1.807, 2.05) is 36.0 Å². The Morgan fingerprint density at radius 2 is 1.44 bits per heavy atom. The van der Waals surface area contributed by atoms with E-state index in [-0.39, 0.29) is 11.7 Å². The lowest BCUT2D eigenvalue weighted by Gasteiger charge is -2.09. The van der Waals surface area contributed by atoms with Gasteiger partial charge in [0.1, 0.15) is 0 Å². The first kappa shape index (κ1) is 15.7. The van der Waals surface area contributed by atoms with Crippen molar-refractivity contribution >= 4 is 27.6 Å². The van der Waals surface area contributed by atoms with Crippen LogP contribution >= 0.6 is 0 Å². The Labute approximate surface area is 147 Å². The van der Waals surface area contributed by atoms with Crippen LogP contribution in [-0.4, -0.2) is 14.9 Å². The molecule has 0 spiro atoms. The van der Waals surface area contributed by atoms with Crippen molar-refractivity contribution in [2.45, 2.75) is 19.3 Å². The van der Waals surface area contributed by atoms with Crippen molar-refractivity contribution in [1.29, 1.82) is 0 Å². The number of benzene rings is 2. The summed E-state index contributed by atoms with van der Waals surface area (Å²) in [5.74, 6) is 0.384. The van der Waals surface area contributed by atoms with Crippen LogP contribution in [0.4, 0.5) is 0 Å². The van der Waals surface area contributed by atoms with Crippen LogP contribution in [0.5, 0.6) is 0 Å². The molecule has 0 amide bonds. The van der Waals surface area contributed by atoms with Crippen LogP contribution in [0.1, 0.15) is 35.2 Å². The molecule has 0 aliphatic rings. The Hall–Kier alpha value is -2.81. The van der Waals surface area contributed by atoms with Crippen molar-refractivity contribution in [3.8, 4) is 0 Å². The van der Waals surface area contributed by atoms with Crippen LogP contribution in [0.3, 0.4) is 0 Å². The zero-order chi connectivity index (χ0) is 17.6. The number of hydrogen-bond donors (Lipinski definition) is 0. The van der Waals surface area contributed by atoms with Gasteiger partial charge in [0.05, 0.1) is 0 Å². The fourth-order valence-corrected chi connectivity index (χ4v) is 3.83. The number of fused-ring (bicyclic) bond motifs is 2. The topological polar surface area (TPSA) is 26.9 Å². The molecule has 25 heavy (non-hydrogen) atoms. The first-order valence-electron chi connectivity index (χ1n) is 8.67. The molecule has 0 saturated carbocycles. The molecule has 0 N–H and O–H groups in total. The molecule has 2 aromatic heterocycles. The third-order valence-electron chi connectivity index (χ3n) is 5.15. The maximum Gasteiger partial charge on any atom is 0.165 e. The van der Waals surface area contributed by atoms with E-state index in [1.54, 1.807) is 0 Å². The molecular weight excluding hydrogens is 308 g/mol. The van der Waals surface area contributed by atoms with Crippen LogP contribution in [-0.2, 0) is 14.1 Å². The quantitative estimate of drug-likeness (QED) is 0.481. The molecule has 1 atom stereocenters. The minimum atomic E-state index is 0.178. The first-order valence-corrected chi connectivity index (χ1v) is 8.67. The van der Waals surface area contributed by atoms with Gasteiger partial charge in [-0.3, -0.25) is 4.79 Å². The standard InChI is InChI=1S/C22H22N2O/c1-15(18-13-23(2)20-10-6-4-8-16(18)20)12-22(25)19-14-24(3)21-11-7-5-9-17(19)21/h4-11,13-15H,12H2,1-3H3. The van der Waals surface area contributed by atoms with E-state index < -0.39 is 0 Å². The summed E-state index contributed by atoms with van der Waals surface area (Å²) >= 11 is 0. The van der Waals surface area contributed by atoms with Gasteiger partial charge in [-0.2, -0.15) is 0 Å². The van der Waals surface area contributed by atoms with E-state index in [1.165, 1.54) is 16.5 Å². The summed E-state index contributed by atoms with van der Waals surface area (Å²) in [6.07, 6.45) is 4.64. The lowest BCUT2D eigenvalue weighted by molar-refractivity contribution is 0.0977. The second-order valence-electron chi connectivity index (χ2n) is 6.91. The Bertz CT molecular complexity index is 1080. The predicted molar refractivity (Wildman–Crippen MR) is 103 cm³/mol. The Morgan fingerprint density at radius 1 is 0.880 bits per heavy atom. The van der Waals surface area contributed by atoms with E-state index in [0.29, 0.717) is 6.42 Å². The van der Waals surface area contributed by atoms with Crippen LogP contribution in [0, 0.1) is 0 Å². The maximum absolute atomic E-state index is 13.0. The van der Waals surface area contributed by atoms with E-state index in [0.717, 1.165) is 16.5 Å². The molecule has 0 aliphatic heterocycles. The fraction of sp³-hybridized carbons (Fsp3) is 0.227. The van der Waals surface area contributed by atoms with E-state index in [4.69, 9.17) is 0 Å². The maximum atomic E-state index is 13.0. The fourth-order valence-electron chi connectivity index (χ4n) is 3.83. The van der Waals surface area contributed by atoms with Crippen LogP contribution in [0.25, 0.3) is 21.8 Å². The number of carbonyl (C=O) groups is 1. The van der Waals surface area contributed by atoms with Gasteiger partial charge in [-0.1, -0.05) is 43.3 Å². The van der Waals surface area contributed by atoms with Crippen molar-refractivity contribution in [2.75, 3.05) is 0 Å². The molecule has 0 bridgehead atoms. The van der Waals surface area contributed by atoms with Crippen molar-refractivity contribution < 1.29 is 4.79 Å². The van der Waals surface area contributed by atoms with E-state index >= 15 is 0 Å². The van der Waals surface area contributed by atoms with Crippen molar-refractivity contribution in [3.05, 3.63) is 72.1 Å². The van der Waals surface area contributed by atoms with Crippen molar-refractivity contribution in [1.82, 2.24) is 9.13 Å². The molecule has 0 saturated heterocycles. The van der Waals surface area contributed by atoms with Crippen LogP contribution in [0.2, 0.25) is 0 Å². The average molecular weight is 330 g/mol. The number of hydrogen-bond acceptors (Lipinski definition) is 1. The van der Waals surface area contributed by atoms with Gasteiger partial charge in [0, 0.05) is 60.3 Å². The molecular formula is C22H22N2O. The van der Waals surface area contributed by atoms with Gasteiger partial charge in [0.2, 0.25) is 0 Å². The molecule has 3 heteroatoms. The number of rotatable bonds is 4. The zero-order valence-corrected chi connectivity index (χ0v) is 14.9. The van der Waals surface area contributed by atoms with Gasteiger partial charge >= 0.3 is 0 Å². The summed E-state index contributed by atoms with van der Waals surface area (Å²) in [5.41, 5.74) is 4.38. The highest BCUT2D eigenvalue weighted by Crippen LogP contribution is 2.31. The monoisotopic (exact) mass is 330 g/mol. The van der Waals surface area contributed by atoms with Crippen LogP contribution < -0.4 is 0 Å². The molecule has 0 aliphatic carbocycles. The SMILES string of the molecule is CC(CC(=O)c1cn(C)c2ccccc12)c1cn(C)c2ccccc12. The summed E-state index contributed by atoms with van der Waals surface area (Å²) in [4.78, 5) is 13.0. The number of Topliss-reactive ketones (excluding diaryl/α,β-unsaturated/α-hetero) is 1. The van der Waals surface area contributed by atoms with Gasteiger partial charge < -0.3 is 9.13 Å². The lowest BCUT2D eigenvalue weighted by Crippen LogP contribution is -2.04. The number of aromatic nitrogens is 2. The Kier molecular flexibility index (Phi) is 3.72. The largest absolute Gasteiger partial charge is 0.350 e. The molecule has 4 aromatic rings. The molecule has 126 valence electrons. The molecule has 2 aromatic carbocycles. The number of ketones is 1. The number of aryl methyl sites for hydroxylation is 2. The van der Waals surface area contributed by atoms with Crippen LogP contribution in [0.15, 0.2) is 60.9 Å². The normalized spacial score (nSPS) is 12.8. The lowest BCUT2D eigenvalue weighted by atomic mass is 9.93. The summed E-state index contributed by atoms with van der Waals surface area (Å²) in [7, 11) is 4.05. The number of nitrogens with zero attached hydrogens (tertiary/aromatic N) is 2. The molecule has 2 heterocycles. The van der Waals surface area contributed by atoms with Crippen molar-refractivity contribution in [3.63, 3.8) is 0 Å². The second kappa shape index (κ2) is 5.92. The third-order valence-corrected chi connectivity index (χ3v) is 5.15. The number of carbonyl (C=O) groups excluding carboxylic acids is 1. The summed E-state index contributed by atoms with van der Waals surface area (Å²) in [6.45, 7) is 2.14. The highest BCUT2D eigenvalue weighted by atomic mass is 16.1. The molecule has 3 nitrogen and oxygen atoms in total. The summed E-state index contributed by atoms with van der Waals surface area (Å²) in [6, 6.07) is 16.5.